The zero-order chi connectivity index (χ0) is 21.5. The molecule has 2 amide bonds. The molecule has 158 valence electrons. The smallest absolute Gasteiger partial charge is 0.253 e. The van der Waals surface area contributed by atoms with Crippen molar-refractivity contribution < 1.29 is 14.3 Å². The number of ether oxygens (including phenoxy) is 1. The Morgan fingerprint density at radius 3 is 2.73 bits per heavy atom. The van der Waals surface area contributed by atoms with Crippen LogP contribution in [0.25, 0.3) is 5.65 Å². The highest BCUT2D eigenvalue weighted by atomic mass is 16.5. The predicted molar refractivity (Wildman–Crippen MR) is 117 cm³/mol. The lowest BCUT2D eigenvalue weighted by Gasteiger charge is -2.18. The molecule has 0 aliphatic rings. The number of benzene rings is 1. The van der Waals surface area contributed by atoms with Gasteiger partial charge >= 0.3 is 0 Å². The van der Waals surface area contributed by atoms with Crippen molar-refractivity contribution in [2.75, 3.05) is 18.6 Å². The molecule has 7 heteroatoms. The summed E-state index contributed by atoms with van der Waals surface area (Å²) in [5.74, 6) is 1.26. The van der Waals surface area contributed by atoms with Crippen molar-refractivity contribution in [1.29, 1.82) is 0 Å². The fraction of sp³-hybridized carbons (Fsp3) is 0.348. The number of pyridine rings is 1. The van der Waals surface area contributed by atoms with E-state index in [2.05, 4.69) is 17.2 Å². The Hall–Kier alpha value is -3.35. The minimum absolute atomic E-state index is 0.202. The monoisotopic (exact) mass is 408 g/mol. The third kappa shape index (κ3) is 4.45. The number of carbonyl (C=O) groups excluding carboxylic acids is 2. The van der Waals surface area contributed by atoms with Gasteiger partial charge in [0.2, 0.25) is 6.41 Å². The lowest BCUT2D eigenvalue weighted by atomic mass is 10.2. The second-order valence-electron chi connectivity index (χ2n) is 7.03. The molecule has 0 spiro atoms. The predicted octanol–water partition coefficient (Wildman–Crippen LogP) is 3.60. The number of unbranched alkanes of at least 4 members (excludes halogenated alkanes) is 1. The van der Waals surface area contributed by atoms with Gasteiger partial charge < -0.3 is 10.1 Å². The van der Waals surface area contributed by atoms with Gasteiger partial charge in [0.25, 0.3) is 5.91 Å². The number of carbonyl (C=O) groups is 2. The first-order valence-electron chi connectivity index (χ1n) is 10.3. The maximum atomic E-state index is 12.8. The molecule has 2 aromatic heterocycles. The number of imidazole rings is 1. The van der Waals surface area contributed by atoms with E-state index in [4.69, 9.17) is 4.74 Å². The highest BCUT2D eigenvalue weighted by Crippen LogP contribution is 2.24. The molecule has 2 heterocycles. The van der Waals surface area contributed by atoms with Crippen LogP contribution in [0, 0.1) is 0 Å². The number of nitrogens with one attached hydrogen (secondary N) is 1. The topological polar surface area (TPSA) is 75.9 Å². The second kappa shape index (κ2) is 9.91. The highest BCUT2D eigenvalue weighted by molar-refractivity contribution is 5.94. The SMILES string of the molecule is CCCCN(C=O)c1c(CC)nc2ccc(C(=O)NCc3ccccc3OC)cn12. The Kier molecular flexibility index (Phi) is 7.06. The van der Waals surface area contributed by atoms with Crippen LogP contribution in [0.3, 0.4) is 0 Å². The average molecular weight is 409 g/mol. The van der Waals surface area contributed by atoms with Crippen molar-refractivity contribution in [3.05, 3.63) is 59.4 Å². The minimum Gasteiger partial charge on any atom is -0.496 e. The van der Waals surface area contributed by atoms with Crippen LogP contribution >= 0.6 is 0 Å². The van der Waals surface area contributed by atoms with Gasteiger partial charge in [-0.2, -0.15) is 0 Å². The lowest BCUT2D eigenvalue weighted by Crippen LogP contribution is -2.26. The maximum Gasteiger partial charge on any atom is 0.253 e. The molecule has 1 aromatic carbocycles. The van der Waals surface area contributed by atoms with Crippen LogP contribution in [-0.2, 0) is 17.8 Å². The molecule has 0 saturated carbocycles. The number of nitrogens with zero attached hydrogens (tertiary/aromatic N) is 3. The molecule has 0 saturated heterocycles. The Morgan fingerprint density at radius 1 is 1.23 bits per heavy atom. The molecule has 0 aliphatic carbocycles. The van der Waals surface area contributed by atoms with Crippen molar-refractivity contribution >= 4 is 23.8 Å². The van der Waals surface area contributed by atoms with E-state index >= 15 is 0 Å². The zero-order valence-corrected chi connectivity index (χ0v) is 17.7. The van der Waals surface area contributed by atoms with Crippen molar-refractivity contribution in [1.82, 2.24) is 14.7 Å². The summed E-state index contributed by atoms with van der Waals surface area (Å²) in [5, 5.41) is 2.94. The molecular formula is C23H28N4O3. The Morgan fingerprint density at radius 2 is 2.03 bits per heavy atom. The van der Waals surface area contributed by atoms with E-state index < -0.39 is 0 Å². The van der Waals surface area contributed by atoms with Crippen molar-refractivity contribution in [3.8, 4) is 5.75 Å². The molecule has 1 N–H and O–H groups in total. The van der Waals surface area contributed by atoms with Gasteiger partial charge in [0.05, 0.1) is 18.4 Å². The molecule has 0 atom stereocenters. The van der Waals surface area contributed by atoms with Gasteiger partial charge in [-0.05, 0) is 31.0 Å². The van der Waals surface area contributed by atoms with Crippen molar-refractivity contribution in [2.24, 2.45) is 0 Å². The average Bonchev–Trinajstić information content (AvgIpc) is 3.16. The standard InChI is InChI=1S/C23H28N4O3/c1-4-6-13-26(16-28)23-19(5-2)25-21-12-11-18(15-27(21)23)22(29)24-14-17-9-7-8-10-20(17)30-3/h7-12,15-16H,4-6,13-14H2,1-3H3,(H,24,29). The molecule has 0 radical (unpaired) electrons. The van der Waals surface area contributed by atoms with E-state index in [1.807, 2.05) is 41.7 Å². The molecular weight excluding hydrogens is 380 g/mol. The number of para-hydroxylation sites is 1. The van der Waals surface area contributed by atoms with Gasteiger partial charge in [-0.3, -0.25) is 18.9 Å². The summed E-state index contributed by atoms with van der Waals surface area (Å²) in [6.07, 6.45) is 5.17. The van der Waals surface area contributed by atoms with Crippen LogP contribution in [0.1, 0.15) is 48.3 Å². The van der Waals surface area contributed by atoms with Crippen LogP contribution in [-0.4, -0.2) is 35.4 Å². The summed E-state index contributed by atoms with van der Waals surface area (Å²) in [7, 11) is 1.61. The first kappa shape index (κ1) is 21.4. The summed E-state index contributed by atoms with van der Waals surface area (Å²) in [6, 6.07) is 11.1. The summed E-state index contributed by atoms with van der Waals surface area (Å²) in [5.41, 5.74) is 2.95. The third-order valence-corrected chi connectivity index (χ3v) is 5.04. The summed E-state index contributed by atoms with van der Waals surface area (Å²) >= 11 is 0. The molecule has 7 nitrogen and oxygen atoms in total. The summed E-state index contributed by atoms with van der Waals surface area (Å²) in [4.78, 5) is 30.9. The Balaban J connectivity index is 1.88. The van der Waals surface area contributed by atoms with Crippen LogP contribution in [0.5, 0.6) is 5.75 Å². The molecule has 3 aromatic rings. The number of hydrogen-bond donors (Lipinski definition) is 1. The first-order chi connectivity index (χ1) is 14.6. The molecule has 0 unspecified atom stereocenters. The van der Waals surface area contributed by atoms with Crippen molar-refractivity contribution in [3.63, 3.8) is 0 Å². The van der Waals surface area contributed by atoms with E-state index in [-0.39, 0.29) is 5.91 Å². The third-order valence-electron chi connectivity index (χ3n) is 5.04. The molecule has 0 fully saturated rings. The number of anilines is 1. The number of rotatable bonds is 10. The molecule has 0 aliphatic heterocycles. The van der Waals surface area contributed by atoms with Gasteiger partial charge in [0, 0.05) is 24.8 Å². The Labute approximate surface area is 176 Å². The van der Waals surface area contributed by atoms with E-state index in [0.717, 1.165) is 42.1 Å². The molecule has 0 bridgehead atoms. The molecule has 30 heavy (non-hydrogen) atoms. The van der Waals surface area contributed by atoms with Crippen LogP contribution in [0.2, 0.25) is 0 Å². The largest absolute Gasteiger partial charge is 0.496 e. The summed E-state index contributed by atoms with van der Waals surface area (Å²) < 4.78 is 7.17. The Bertz CT molecular complexity index is 1030. The quantitative estimate of drug-likeness (QED) is 0.520. The van der Waals surface area contributed by atoms with Gasteiger partial charge in [-0.25, -0.2) is 4.98 Å². The number of aromatic nitrogens is 2. The number of amides is 2. The fourth-order valence-electron chi connectivity index (χ4n) is 3.42. The minimum atomic E-state index is -0.202. The van der Waals surface area contributed by atoms with Crippen molar-refractivity contribution in [2.45, 2.75) is 39.7 Å². The van der Waals surface area contributed by atoms with Crippen LogP contribution in [0.4, 0.5) is 5.82 Å². The normalized spacial score (nSPS) is 10.8. The van der Waals surface area contributed by atoms with Gasteiger partial charge in [-0.1, -0.05) is 38.5 Å². The van der Waals surface area contributed by atoms with E-state index in [0.29, 0.717) is 30.7 Å². The van der Waals surface area contributed by atoms with E-state index in [9.17, 15) is 9.59 Å². The number of aryl methyl sites for hydroxylation is 1. The van der Waals surface area contributed by atoms with Gasteiger partial charge in [-0.15, -0.1) is 0 Å². The van der Waals surface area contributed by atoms with E-state index in [1.54, 1.807) is 24.3 Å². The lowest BCUT2D eigenvalue weighted by molar-refractivity contribution is -0.107. The maximum absolute atomic E-state index is 12.8. The van der Waals surface area contributed by atoms with Crippen LogP contribution in [0.15, 0.2) is 42.6 Å². The molecule has 3 rings (SSSR count). The fourth-order valence-corrected chi connectivity index (χ4v) is 3.42. The number of hydrogen-bond acceptors (Lipinski definition) is 4. The van der Waals surface area contributed by atoms with E-state index in [1.165, 1.54) is 0 Å². The van der Waals surface area contributed by atoms with Gasteiger partial charge in [0.1, 0.15) is 17.2 Å². The first-order valence-corrected chi connectivity index (χ1v) is 10.3. The highest BCUT2D eigenvalue weighted by Gasteiger charge is 2.18. The second-order valence-corrected chi connectivity index (χ2v) is 7.03. The summed E-state index contributed by atoms with van der Waals surface area (Å²) in [6.45, 7) is 5.07. The number of methoxy groups -OCH3 is 1. The van der Waals surface area contributed by atoms with Gasteiger partial charge in [0.15, 0.2) is 0 Å². The zero-order valence-electron chi connectivity index (χ0n) is 17.7. The van der Waals surface area contributed by atoms with Crippen LogP contribution < -0.4 is 15.0 Å². The number of fused-ring (bicyclic) bond motifs is 1.